The van der Waals surface area contributed by atoms with Gasteiger partial charge in [0.15, 0.2) is 0 Å². The van der Waals surface area contributed by atoms with E-state index in [2.05, 4.69) is 39.4 Å². The summed E-state index contributed by atoms with van der Waals surface area (Å²) in [5.74, 6) is -0.0466. The second-order valence-electron chi connectivity index (χ2n) is 6.09. The fraction of sp³-hybridized carbons (Fsp3) is 0.316. The first kappa shape index (κ1) is 18.1. The Morgan fingerprint density at radius 3 is 2.44 bits per heavy atom. The van der Waals surface area contributed by atoms with E-state index in [0.29, 0.717) is 22.2 Å². The molecule has 1 amide bonds. The van der Waals surface area contributed by atoms with Gasteiger partial charge in [0.1, 0.15) is 0 Å². The molecule has 2 aromatic carbocycles. The normalized spacial score (nSPS) is 15.2. The maximum atomic E-state index is 12.2. The molecule has 0 aliphatic carbocycles. The van der Waals surface area contributed by atoms with E-state index >= 15 is 0 Å². The number of carbonyl (C=O) groups excluding carboxylic acids is 1. The van der Waals surface area contributed by atoms with E-state index in [-0.39, 0.29) is 5.91 Å². The lowest BCUT2D eigenvalue weighted by molar-refractivity contribution is -0.116. The van der Waals surface area contributed by atoms with E-state index in [0.717, 1.165) is 32.7 Å². The molecule has 1 heterocycles. The zero-order valence-corrected chi connectivity index (χ0v) is 15.4. The molecule has 25 heavy (non-hydrogen) atoms. The first-order valence-corrected chi connectivity index (χ1v) is 9.15. The number of hydrogen-bond acceptors (Lipinski definition) is 3. The van der Waals surface area contributed by atoms with Crippen molar-refractivity contribution < 1.29 is 4.79 Å². The summed E-state index contributed by atoms with van der Waals surface area (Å²) in [4.78, 5) is 16.8. The summed E-state index contributed by atoms with van der Waals surface area (Å²) in [7, 11) is 0. The van der Waals surface area contributed by atoms with Gasteiger partial charge in [0, 0.05) is 49.9 Å². The molecule has 6 heteroatoms. The number of piperazine rings is 1. The molecule has 1 aliphatic rings. The molecule has 0 spiro atoms. The van der Waals surface area contributed by atoms with Gasteiger partial charge in [0.05, 0.1) is 10.7 Å². The molecule has 1 N–H and O–H groups in total. The fourth-order valence-electron chi connectivity index (χ4n) is 2.93. The Bertz CT molecular complexity index is 716. The van der Waals surface area contributed by atoms with Gasteiger partial charge in [-0.1, -0.05) is 41.4 Å². The first-order chi connectivity index (χ1) is 12.1. The van der Waals surface area contributed by atoms with Crippen LogP contribution in [-0.4, -0.2) is 43.5 Å². The van der Waals surface area contributed by atoms with Crippen molar-refractivity contribution in [3.63, 3.8) is 0 Å². The van der Waals surface area contributed by atoms with Gasteiger partial charge in [-0.05, 0) is 30.3 Å². The van der Waals surface area contributed by atoms with Crippen LogP contribution in [0.15, 0.2) is 48.5 Å². The SMILES string of the molecule is O=C(CCN1CCN(c2ccccc2)CC1)Nc1cc(Cl)ccc1Cl. The fourth-order valence-corrected chi connectivity index (χ4v) is 3.27. The zero-order chi connectivity index (χ0) is 17.6. The quantitative estimate of drug-likeness (QED) is 0.849. The van der Waals surface area contributed by atoms with Crippen LogP contribution in [0.2, 0.25) is 10.0 Å². The highest BCUT2D eigenvalue weighted by Crippen LogP contribution is 2.25. The number of amides is 1. The predicted octanol–water partition coefficient (Wildman–Crippen LogP) is 4.14. The van der Waals surface area contributed by atoms with Gasteiger partial charge >= 0.3 is 0 Å². The monoisotopic (exact) mass is 377 g/mol. The van der Waals surface area contributed by atoms with Crippen LogP contribution in [0.5, 0.6) is 0 Å². The number of carbonyl (C=O) groups is 1. The minimum Gasteiger partial charge on any atom is -0.369 e. The topological polar surface area (TPSA) is 35.6 Å². The molecule has 3 rings (SSSR count). The van der Waals surface area contributed by atoms with Crippen LogP contribution >= 0.6 is 23.2 Å². The maximum absolute atomic E-state index is 12.2. The van der Waals surface area contributed by atoms with Crippen molar-refractivity contribution in [2.24, 2.45) is 0 Å². The summed E-state index contributed by atoms with van der Waals surface area (Å²) in [6, 6.07) is 15.5. The first-order valence-electron chi connectivity index (χ1n) is 8.39. The Kier molecular flexibility index (Phi) is 6.19. The summed E-state index contributed by atoms with van der Waals surface area (Å²) in [5, 5.41) is 3.88. The Hall–Kier alpha value is -1.75. The van der Waals surface area contributed by atoms with E-state index < -0.39 is 0 Å². The lowest BCUT2D eigenvalue weighted by atomic mass is 10.2. The van der Waals surface area contributed by atoms with Gasteiger partial charge in [-0.3, -0.25) is 9.69 Å². The van der Waals surface area contributed by atoms with Crippen LogP contribution < -0.4 is 10.2 Å². The highest BCUT2D eigenvalue weighted by Gasteiger charge is 2.17. The van der Waals surface area contributed by atoms with E-state index in [1.807, 2.05) is 6.07 Å². The molecule has 0 radical (unpaired) electrons. The van der Waals surface area contributed by atoms with E-state index in [1.165, 1.54) is 5.69 Å². The van der Waals surface area contributed by atoms with Crippen molar-refractivity contribution in [3.05, 3.63) is 58.6 Å². The number of para-hydroxylation sites is 1. The molecule has 0 atom stereocenters. The standard InChI is InChI=1S/C19H21Cl2N3O/c20-15-6-7-17(21)18(14-15)22-19(25)8-9-23-10-12-24(13-11-23)16-4-2-1-3-5-16/h1-7,14H,8-13H2,(H,22,25). The second-order valence-corrected chi connectivity index (χ2v) is 6.93. The van der Waals surface area contributed by atoms with Gasteiger partial charge in [0.25, 0.3) is 0 Å². The van der Waals surface area contributed by atoms with Crippen molar-refractivity contribution in [1.82, 2.24) is 4.90 Å². The molecule has 0 unspecified atom stereocenters. The van der Waals surface area contributed by atoms with Gasteiger partial charge in [0.2, 0.25) is 5.91 Å². The minimum atomic E-state index is -0.0466. The number of nitrogens with one attached hydrogen (secondary N) is 1. The molecule has 2 aromatic rings. The van der Waals surface area contributed by atoms with E-state index in [1.54, 1.807) is 18.2 Å². The minimum absolute atomic E-state index is 0.0466. The van der Waals surface area contributed by atoms with Gasteiger partial charge in [-0.25, -0.2) is 0 Å². The number of benzene rings is 2. The summed E-state index contributed by atoms with van der Waals surface area (Å²) < 4.78 is 0. The third-order valence-corrected chi connectivity index (χ3v) is 4.92. The molecule has 1 saturated heterocycles. The van der Waals surface area contributed by atoms with Crippen molar-refractivity contribution in [1.29, 1.82) is 0 Å². The summed E-state index contributed by atoms with van der Waals surface area (Å²) in [6.07, 6.45) is 0.439. The summed E-state index contributed by atoms with van der Waals surface area (Å²) in [5.41, 5.74) is 1.82. The largest absolute Gasteiger partial charge is 0.369 e. The molecular formula is C19H21Cl2N3O. The third-order valence-electron chi connectivity index (χ3n) is 4.35. The molecule has 132 valence electrons. The number of rotatable bonds is 5. The average Bonchev–Trinajstić information content (AvgIpc) is 2.64. The lowest BCUT2D eigenvalue weighted by Crippen LogP contribution is -2.47. The average molecular weight is 378 g/mol. The van der Waals surface area contributed by atoms with Crippen molar-refractivity contribution in [2.75, 3.05) is 42.9 Å². The Morgan fingerprint density at radius 2 is 1.72 bits per heavy atom. The van der Waals surface area contributed by atoms with Crippen molar-refractivity contribution >= 4 is 40.5 Å². The van der Waals surface area contributed by atoms with Crippen LogP contribution in [0.1, 0.15) is 6.42 Å². The van der Waals surface area contributed by atoms with Gasteiger partial charge in [-0.2, -0.15) is 0 Å². The van der Waals surface area contributed by atoms with Crippen LogP contribution in [0.25, 0.3) is 0 Å². The highest BCUT2D eigenvalue weighted by atomic mass is 35.5. The number of halogens is 2. The van der Waals surface area contributed by atoms with Gasteiger partial charge < -0.3 is 10.2 Å². The number of nitrogens with zero attached hydrogens (tertiary/aromatic N) is 2. The molecule has 1 fully saturated rings. The van der Waals surface area contributed by atoms with E-state index in [4.69, 9.17) is 23.2 Å². The molecular weight excluding hydrogens is 357 g/mol. The van der Waals surface area contributed by atoms with Crippen LogP contribution in [0.4, 0.5) is 11.4 Å². The van der Waals surface area contributed by atoms with E-state index in [9.17, 15) is 4.79 Å². The van der Waals surface area contributed by atoms with Crippen LogP contribution in [-0.2, 0) is 4.79 Å². The second kappa shape index (κ2) is 8.56. The van der Waals surface area contributed by atoms with Gasteiger partial charge in [-0.15, -0.1) is 0 Å². The number of anilines is 2. The Morgan fingerprint density at radius 1 is 1.00 bits per heavy atom. The molecule has 0 aromatic heterocycles. The van der Waals surface area contributed by atoms with Crippen LogP contribution in [0.3, 0.4) is 0 Å². The molecule has 0 bridgehead atoms. The molecule has 1 aliphatic heterocycles. The molecule has 0 saturated carbocycles. The van der Waals surface area contributed by atoms with Crippen molar-refractivity contribution in [2.45, 2.75) is 6.42 Å². The molecule has 4 nitrogen and oxygen atoms in total. The summed E-state index contributed by atoms with van der Waals surface area (Å²) in [6.45, 7) is 4.62. The Labute approximate surface area is 158 Å². The Balaban J connectivity index is 1.44. The van der Waals surface area contributed by atoms with Crippen LogP contribution in [0, 0.1) is 0 Å². The van der Waals surface area contributed by atoms with Crippen molar-refractivity contribution in [3.8, 4) is 0 Å². The number of hydrogen-bond donors (Lipinski definition) is 1. The summed E-state index contributed by atoms with van der Waals surface area (Å²) >= 11 is 12.0. The third kappa shape index (κ3) is 5.11. The smallest absolute Gasteiger partial charge is 0.225 e. The zero-order valence-electron chi connectivity index (χ0n) is 13.9. The lowest BCUT2D eigenvalue weighted by Gasteiger charge is -2.36. The maximum Gasteiger partial charge on any atom is 0.225 e. The predicted molar refractivity (Wildman–Crippen MR) is 105 cm³/mol. The highest BCUT2D eigenvalue weighted by molar-refractivity contribution is 6.35.